The maximum atomic E-state index is 11.1. The molecule has 0 aliphatic rings. The van der Waals surface area contributed by atoms with Crippen molar-refractivity contribution in [2.24, 2.45) is 0 Å². The first kappa shape index (κ1) is 10.4. The number of hydrogen-bond donors (Lipinski definition) is 1. The summed E-state index contributed by atoms with van der Waals surface area (Å²) in [6, 6.07) is 3.63. The summed E-state index contributed by atoms with van der Waals surface area (Å²) < 4.78 is 1.61. The Hall–Kier alpha value is -2.76. The summed E-state index contributed by atoms with van der Waals surface area (Å²) in [6.07, 6.45) is 7.74. The van der Waals surface area contributed by atoms with Crippen molar-refractivity contribution >= 4 is 16.9 Å². The van der Waals surface area contributed by atoms with E-state index in [1.165, 1.54) is 12.4 Å². The van der Waals surface area contributed by atoms with E-state index < -0.39 is 5.97 Å². The molecule has 3 aromatic rings. The molecule has 0 spiro atoms. The molecule has 0 aromatic carbocycles. The summed E-state index contributed by atoms with van der Waals surface area (Å²) in [5.74, 6) is -1.01. The normalized spacial score (nSPS) is 10.7. The molecule has 1 N–H and O–H groups in total. The zero-order valence-electron chi connectivity index (χ0n) is 9.19. The van der Waals surface area contributed by atoms with E-state index in [4.69, 9.17) is 5.11 Å². The quantitative estimate of drug-likeness (QED) is 0.734. The molecule has 88 valence electrons. The maximum absolute atomic E-state index is 11.1. The van der Waals surface area contributed by atoms with Crippen molar-refractivity contribution in [2.45, 2.75) is 0 Å². The molecular formula is C12H8N4O2. The van der Waals surface area contributed by atoms with Crippen LogP contribution in [0.2, 0.25) is 0 Å². The predicted molar refractivity (Wildman–Crippen MR) is 63.6 cm³/mol. The van der Waals surface area contributed by atoms with Crippen LogP contribution in [0.4, 0.5) is 0 Å². The average Bonchev–Trinajstić information content (AvgIpc) is 2.83. The fraction of sp³-hybridized carbons (Fsp3) is 0. The number of nitrogens with zero attached hydrogens (tertiary/aromatic N) is 4. The lowest BCUT2D eigenvalue weighted by atomic mass is 10.2. The van der Waals surface area contributed by atoms with Crippen LogP contribution in [0, 0.1) is 0 Å². The zero-order chi connectivity index (χ0) is 12.5. The van der Waals surface area contributed by atoms with Gasteiger partial charge in [-0.05, 0) is 12.1 Å². The monoisotopic (exact) mass is 240 g/mol. The van der Waals surface area contributed by atoms with E-state index in [0.29, 0.717) is 10.9 Å². The molecule has 0 atom stereocenters. The summed E-state index contributed by atoms with van der Waals surface area (Å²) in [5.41, 5.74) is 1.54. The van der Waals surface area contributed by atoms with Crippen LogP contribution in [0.15, 0.2) is 43.1 Å². The Bertz CT molecular complexity index is 721. The van der Waals surface area contributed by atoms with Crippen LogP contribution in [0.3, 0.4) is 0 Å². The first-order valence-electron chi connectivity index (χ1n) is 5.23. The average molecular weight is 240 g/mol. The minimum atomic E-state index is -1.01. The number of fused-ring (bicyclic) bond motifs is 1. The number of pyridine rings is 2. The van der Waals surface area contributed by atoms with E-state index in [1.807, 2.05) is 6.07 Å². The number of aromatic nitrogens is 4. The van der Waals surface area contributed by atoms with E-state index in [2.05, 4.69) is 15.1 Å². The second kappa shape index (κ2) is 3.92. The SMILES string of the molecule is O=C(O)c1cncc2c1cnn2-c1cccnc1. The molecule has 3 heterocycles. The maximum Gasteiger partial charge on any atom is 0.338 e. The molecule has 0 amide bonds. The van der Waals surface area contributed by atoms with Crippen LogP contribution < -0.4 is 0 Å². The third-order valence-electron chi connectivity index (χ3n) is 2.62. The molecule has 0 fully saturated rings. The lowest BCUT2D eigenvalue weighted by Gasteiger charge is -2.02. The van der Waals surface area contributed by atoms with Gasteiger partial charge >= 0.3 is 5.97 Å². The molecule has 3 aromatic heterocycles. The van der Waals surface area contributed by atoms with E-state index >= 15 is 0 Å². The van der Waals surface area contributed by atoms with Crippen LogP contribution in [-0.2, 0) is 0 Å². The van der Waals surface area contributed by atoms with Gasteiger partial charge in [0.25, 0.3) is 0 Å². The number of carboxylic acid groups (broad SMARTS) is 1. The fourth-order valence-corrected chi connectivity index (χ4v) is 1.80. The highest BCUT2D eigenvalue weighted by molar-refractivity contribution is 6.02. The summed E-state index contributed by atoms with van der Waals surface area (Å²) in [4.78, 5) is 19.0. The molecule has 0 aliphatic carbocycles. The van der Waals surface area contributed by atoms with Gasteiger partial charge in [-0.1, -0.05) is 0 Å². The van der Waals surface area contributed by atoms with Crippen molar-refractivity contribution in [1.82, 2.24) is 19.7 Å². The van der Waals surface area contributed by atoms with Crippen LogP contribution in [0.5, 0.6) is 0 Å². The zero-order valence-corrected chi connectivity index (χ0v) is 9.19. The van der Waals surface area contributed by atoms with Crippen LogP contribution in [-0.4, -0.2) is 30.8 Å². The second-order valence-corrected chi connectivity index (χ2v) is 3.69. The van der Waals surface area contributed by atoms with Gasteiger partial charge < -0.3 is 5.11 Å². The first-order valence-corrected chi connectivity index (χ1v) is 5.23. The molecular weight excluding hydrogens is 232 g/mol. The smallest absolute Gasteiger partial charge is 0.338 e. The van der Waals surface area contributed by atoms with E-state index in [1.54, 1.807) is 29.3 Å². The summed E-state index contributed by atoms with van der Waals surface area (Å²) in [7, 11) is 0. The third kappa shape index (κ3) is 1.51. The van der Waals surface area contributed by atoms with Crippen LogP contribution in [0.25, 0.3) is 16.6 Å². The Morgan fingerprint density at radius 2 is 2.06 bits per heavy atom. The molecule has 3 rings (SSSR count). The molecule has 0 radical (unpaired) electrons. The van der Waals surface area contributed by atoms with Crippen molar-refractivity contribution in [3.05, 3.63) is 48.7 Å². The second-order valence-electron chi connectivity index (χ2n) is 3.69. The fourth-order valence-electron chi connectivity index (χ4n) is 1.80. The van der Waals surface area contributed by atoms with Crippen LogP contribution >= 0.6 is 0 Å². The third-order valence-corrected chi connectivity index (χ3v) is 2.62. The minimum Gasteiger partial charge on any atom is -0.478 e. The Kier molecular flexibility index (Phi) is 2.26. The largest absolute Gasteiger partial charge is 0.478 e. The Balaban J connectivity index is 2.28. The van der Waals surface area contributed by atoms with Gasteiger partial charge in [0.2, 0.25) is 0 Å². The predicted octanol–water partition coefficient (Wildman–Crippen LogP) is 1.51. The van der Waals surface area contributed by atoms with Gasteiger partial charge in [-0.3, -0.25) is 9.97 Å². The number of aromatic carboxylic acids is 1. The van der Waals surface area contributed by atoms with E-state index in [0.717, 1.165) is 5.69 Å². The standard InChI is InChI=1S/C12H8N4O2/c17-12(18)10-5-14-7-11-9(10)6-15-16(11)8-2-1-3-13-4-8/h1-7H,(H,17,18). The lowest BCUT2D eigenvalue weighted by molar-refractivity contribution is 0.0698. The Morgan fingerprint density at radius 1 is 1.17 bits per heavy atom. The molecule has 0 saturated heterocycles. The van der Waals surface area contributed by atoms with E-state index in [-0.39, 0.29) is 5.56 Å². The van der Waals surface area contributed by atoms with Gasteiger partial charge in [-0.25, -0.2) is 9.48 Å². The van der Waals surface area contributed by atoms with Gasteiger partial charge in [0.1, 0.15) is 0 Å². The van der Waals surface area contributed by atoms with Gasteiger partial charge in [-0.15, -0.1) is 0 Å². The van der Waals surface area contributed by atoms with Gasteiger partial charge in [-0.2, -0.15) is 5.10 Å². The number of carbonyl (C=O) groups is 1. The Morgan fingerprint density at radius 3 is 2.78 bits per heavy atom. The van der Waals surface area contributed by atoms with Crippen LogP contribution in [0.1, 0.15) is 10.4 Å². The molecule has 0 unspecified atom stereocenters. The van der Waals surface area contributed by atoms with Gasteiger partial charge in [0.05, 0.1) is 35.4 Å². The van der Waals surface area contributed by atoms with Crippen molar-refractivity contribution < 1.29 is 9.90 Å². The molecule has 0 bridgehead atoms. The van der Waals surface area contributed by atoms with Crippen molar-refractivity contribution in [3.63, 3.8) is 0 Å². The van der Waals surface area contributed by atoms with Gasteiger partial charge in [0, 0.05) is 17.8 Å². The topological polar surface area (TPSA) is 80.9 Å². The summed E-state index contributed by atoms with van der Waals surface area (Å²) in [5, 5.41) is 13.8. The van der Waals surface area contributed by atoms with Crippen molar-refractivity contribution in [2.75, 3.05) is 0 Å². The molecule has 0 saturated carbocycles. The Labute approximate surface area is 102 Å². The molecule has 6 nitrogen and oxygen atoms in total. The molecule has 6 heteroatoms. The highest BCUT2D eigenvalue weighted by atomic mass is 16.4. The minimum absolute atomic E-state index is 0.141. The van der Waals surface area contributed by atoms with E-state index in [9.17, 15) is 4.79 Å². The number of hydrogen-bond acceptors (Lipinski definition) is 4. The van der Waals surface area contributed by atoms with Crippen molar-refractivity contribution in [3.8, 4) is 5.69 Å². The van der Waals surface area contributed by atoms with Crippen molar-refractivity contribution in [1.29, 1.82) is 0 Å². The van der Waals surface area contributed by atoms with Gasteiger partial charge in [0.15, 0.2) is 0 Å². The summed E-state index contributed by atoms with van der Waals surface area (Å²) in [6.45, 7) is 0. The highest BCUT2D eigenvalue weighted by Gasteiger charge is 2.13. The number of rotatable bonds is 2. The highest BCUT2D eigenvalue weighted by Crippen LogP contribution is 2.20. The summed E-state index contributed by atoms with van der Waals surface area (Å²) >= 11 is 0. The lowest BCUT2D eigenvalue weighted by Crippen LogP contribution is -2.00. The molecule has 18 heavy (non-hydrogen) atoms. The first-order chi connectivity index (χ1) is 8.77. The number of carboxylic acids is 1. The molecule has 0 aliphatic heterocycles.